The summed E-state index contributed by atoms with van der Waals surface area (Å²) in [7, 11) is -0.537. The molecule has 1 saturated carbocycles. The van der Waals surface area contributed by atoms with Crippen molar-refractivity contribution in [2.45, 2.75) is 36.8 Å². The van der Waals surface area contributed by atoms with Crippen molar-refractivity contribution in [3.8, 4) is 11.5 Å². The minimum atomic E-state index is -3.54. The topological polar surface area (TPSA) is 92.7 Å². The molecule has 1 aliphatic heterocycles. The van der Waals surface area contributed by atoms with Gasteiger partial charge in [0.25, 0.3) is 10.0 Å². The standard InChI is InChI=1S/C22H26N4O4S/c1-25(2)31(27,28)19-9-8-17(29-19)15-26-12-10-22(11-13-26)14-18(22)21-24-23-20(30-21)16-6-4-3-5-7-16/h3-9,18H,10-15H2,1-2H3. The van der Waals surface area contributed by atoms with Crippen LogP contribution in [0.15, 0.2) is 56.4 Å². The maximum absolute atomic E-state index is 12.2. The Morgan fingerprint density at radius 1 is 1.06 bits per heavy atom. The Balaban J connectivity index is 1.19. The highest BCUT2D eigenvalue weighted by Crippen LogP contribution is 2.64. The van der Waals surface area contributed by atoms with Gasteiger partial charge in [0.05, 0.1) is 6.54 Å². The first-order valence-corrected chi connectivity index (χ1v) is 11.9. The summed E-state index contributed by atoms with van der Waals surface area (Å²) in [6.45, 7) is 2.49. The van der Waals surface area contributed by atoms with Gasteiger partial charge >= 0.3 is 0 Å². The number of rotatable bonds is 6. The van der Waals surface area contributed by atoms with Crippen LogP contribution in [0.25, 0.3) is 11.5 Å². The molecule has 1 aromatic carbocycles. The van der Waals surface area contributed by atoms with Gasteiger partial charge < -0.3 is 8.83 Å². The van der Waals surface area contributed by atoms with E-state index in [1.807, 2.05) is 30.3 Å². The summed E-state index contributed by atoms with van der Waals surface area (Å²) < 4.78 is 37.1. The summed E-state index contributed by atoms with van der Waals surface area (Å²) in [6, 6.07) is 13.1. The van der Waals surface area contributed by atoms with Gasteiger partial charge in [-0.15, -0.1) is 10.2 Å². The molecular weight excluding hydrogens is 416 g/mol. The average molecular weight is 443 g/mol. The minimum Gasteiger partial charge on any atom is -0.447 e. The average Bonchev–Trinajstić information content (AvgIpc) is 3.14. The maximum atomic E-state index is 12.2. The van der Waals surface area contributed by atoms with Crippen molar-refractivity contribution in [2.75, 3.05) is 27.2 Å². The van der Waals surface area contributed by atoms with Crippen molar-refractivity contribution in [2.24, 2.45) is 5.41 Å². The van der Waals surface area contributed by atoms with Gasteiger partial charge in [0.2, 0.25) is 16.9 Å². The molecule has 9 heteroatoms. The number of likely N-dealkylation sites (tertiary alicyclic amines) is 1. The normalized spacial score (nSPS) is 21.1. The molecule has 2 fully saturated rings. The third kappa shape index (κ3) is 3.81. The van der Waals surface area contributed by atoms with E-state index in [2.05, 4.69) is 15.1 Å². The largest absolute Gasteiger partial charge is 0.447 e. The van der Waals surface area contributed by atoms with Crippen LogP contribution in [-0.2, 0) is 16.6 Å². The summed E-state index contributed by atoms with van der Waals surface area (Å²) in [5.74, 6) is 2.33. The Kier molecular flexibility index (Phi) is 4.99. The summed E-state index contributed by atoms with van der Waals surface area (Å²) in [5.41, 5.74) is 1.19. The smallest absolute Gasteiger partial charge is 0.275 e. The lowest BCUT2D eigenvalue weighted by Crippen LogP contribution is -2.34. The molecular formula is C22H26N4O4S. The maximum Gasteiger partial charge on any atom is 0.275 e. The lowest BCUT2D eigenvalue weighted by molar-refractivity contribution is 0.148. The predicted molar refractivity (Wildman–Crippen MR) is 114 cm³/mol. The number of nitrogens with zero attached hydrogens (tertiary/aromatic N) is 4. The van der Waals surface area contributed by atoms with Crippen molar-refractivity contribution >= 4 is 10.0 Å². The first-order chi connectivity index (χ1) is 14.9. The Hall–Kier alpha value is -2.49. The molecule has 0 bridgehead atoms. The SMILES string of the molecule is CN(C)S(=O)(=O)c1ccc(CN2CCC3(CC2)CC3c2nnc(-c3ccccc3)o2)o1. The molecule has 1 saturated heterocycles. The van der Waals surface area contributed by atoms with Gasteiger partial charge in [0.15, 0.2) is 0 Å². The number of piperidine rings is 1. The monoisotopic (exact) mass is 442 g/mol. The molecule has 164 valence electrons. The number of hydrogen-bond donors (Lipinski definition) is 0. The fourth-order valence-electron chi connectivity index (χ4n) is 4.46. The molecule has 1 aliphatic carbocycles. The molecule has 0 amide bonds. The fraction of sp³-hybridized carbons (Fsp3) is 0.455. The fourth-order valence-corrected chi connectivity index (χ4v) is 5.27. The van der Waals surface area contributed by atoms with E-state index in [4.69, 9.17) is 8.83 Å². The van der Waals surface area contributed by atoms with Crippen LogP contribution in [0.4, 0.5) is 0 Å². The van der Waals surface area contributed by atoms with E-state index < -0.39 is 10.0 Å². The van der Waals surface area contributed by atoms with Crippen LogP contribution in [0.5, 0.6) is 0 Å². The van der Waals surface area contributed by atoms with Crippen molar-refractivity contribution in [3.63, 3.8) is 0 Å². The first kappa shape index (κ1) is 20.4. The Morgan fingerprint density at radius 3 is 2.52 bits per heavy atom. The van der Waals surface area contributed by atoms with Crippen LogP contribution in [0.2, 0.25) is 0 Å². The molecule has 0 radical (unpaired) electrons. The van der Waals surface area contributed by atoms with Gasteiger partial charge in [-0.2, -0.15) is 0 Å². The lowest BCUT2D eigenvalue weighted by Gasteiger charge is -2.32. The molecule has 3 heterocycles. The van der Waals surface area contributed by atoms with Crippen LogP contribution in [0, 0.1) is 5.41 Å². The molecule has 2 aliphatic rings. The third-order valence-corrected chi connectivity index (χ3v) is 8.24. The van der Waals surface area contributed by atoms with E-state index in [1.54, 1.807) is 6.07 Å². The number of benzene rings is 1. The highest BCUT2D eigenvalue weighted by Gasteiger charge is 2.58. The zero-order valence-corrected chi connectivity index (χ0v) is 18.5. The van der Waals surface area contributed by atoms with Crippen molar-refractivity contribution in [1.29, 1.82) is 0 Å². The van der Waals surface area contributed by atoms with E-state index >= 15 is 0 Å². The number of hydrogen-bond acceptors (Lipinski definition) is 7. The molecule has 0 N–H and O–H groups in total. The second-order valence-corrected chi connectivity index (χ2v) is 10.8. The van der Waals surface area contributed by atoms with Gasteiger partial charge in [-0.1, -0.05) is 18.2 Å². The molecule has 3 aromatic rings. The van der Waals surface area contributed by atoms with Gasteiger partial charge in [-0.25, -0.2) is 12.7 Å². The Labute approximate surface area is 181 Å². The predicted octanol–water partition coefficient (Wildman–Crippen LogP) is 3.35. The summed E-state index contributed by atoms with van der Waals surface area (Å²) >= 11 is 0. The Morgan fingerprint density at radius 2 is 1.81 bits per heavy atom. The van der Waals surface area contributed by atoms with Crippen LogP contribution in [0.1, 0.15) is 36.8 Å². The van der Waals surface area contributed by atoms with E-state index in [9.17, 15) is 8.42 Å². The first-order valence-electron chi connectivity index (χ1n) is 10.5. The number of furan rings is 1. The second-order valence-electron chi connectivity index (χ2n) is 8.71. The van der Waals surface area contributed by atoms with E-state index in [0.29, 0.717) is 24.1 Å². The molecule has 1 unspecified atom stereocenters. The summed E-state index contributed by atoms with van der Waals surface area (Å²) in [4.78, 5) is 2.31. The van der Waals surface area contributed by atoms with Crippen LogP contribution in [0.3, 0.4) is 0 Å². The third-order valence-electron chi connectivity index (χ3n) is 6.55. The van der Waals surface area contributed by atoms with Crippen LogP contribution < -0.4 is 0 Å². The zero-order chi connectivity index (χ0) is 21.6. The number of sulfonamides is 1. The van der Waals surface area contributed by atoms with Crippen LogP contribution >= 0.6 is 0 Å². The van der Waals surface area contributed by atoms with Gasteiger partial charge in [-0.05, 0) is 62.0 Å². The second kappa shape index (κ2) is 7.58. The lowest BCUT2D eigenvalue weighted by atomic mass is 9.90. The van der Waals surface area contributed by atoms with Gasteiger partial charge in [0, 0.05) is 25.6 Å². The van der Waals surface area contributed by atoms with E-state index in [1.165, 1.54) is 20.2 Å². The highest BCUT2D eigenvalue weighted by molar-refractivity contribution is 7.88. The Bertz CT molecular complexity index is 1160. The quantitative estimate of drug-likeness (QED) is 0.578. The zero-order valence-electron chi connectivity index (χ0n) is 17.7. The van der Waals surface area contributed by atoms with Gasteiger partial charge in [0.1, 0.15) is 5.76 Å². The van der Waals surface area contributed by atoms with Crippen molar-refractivity contribution < 1.29 is 17.3 Å². The van der Waals surface area contributed by atoms with Gasteiger partial charge in [-0.3, -0.25) is 4.90 Å². The van der Waals surface area contributed by atoms with Crippen molar-refractivity contribution in [3.05, 3.63) is 54.1 Å². The summed E-state index contributed by atoms with van der Waals surface area (Å²) in [6.07, 6.45) is 3.21. The molecule has 5 rings (SSSR count). The minimum absolute atomic E-state index is 0.00569. The molecule has 1 spiro atoms. The molecule has 8 nitrogen and oxygen atoms in total. The number of aromatic nitrogens is 2. The van der Waals surface area contributed by atoms with Crippen LogP contribution in [-0.4, -0.2) is 55.0 Å². The molecule has 2 aromatic heterocycles. The van der Waals surface area contributed by atoms with E-state index in [-0.39, 0.29) is 10.5 Å². The highest BCUT2D eigenvalue weighted by atomic mass is 32.2. The molecule has 1 atom stereocenters. The summed E-state index contributed by atoms with van der Waals surface area (Å²) in [5, 5.41) is 8.56. The molecule has 31 heavy (non-hydrogen) atoms. The van der Waals surface area contributed by atoms with Crippen molar-refractivity contribution in [1.82, 2.24) is 19.4 Å². The van der Waals surface area contributed by atoms with E-state index in [0.717, 1.165) is 48.1 Å².